The van der Waals surface area contributed by atoms with E-state index in [1.165, 1.54) is 0 Å². The largest absolute Gasteiger partial charge is 0.294 e. The second kappa shape index (κ2) is 4.49. The third-order valence-corrected chi connectivity index (χ3v) is 2.25. The highest BCUT2D eigenvalue weighted by molar-refractivity contribution is 6.33. The van der Waals surface area contributed by atoms with Crippen molar-refractivity contribution in [3.05, 3.63) is 54.4 Å². The van der Waals surface area contributed by atoms with Gasteiger partial charge in [-0.15, -0.1) is 0 Å². The first-order valence-electron chi connectivity index (χ1n) is 4.81. The summed E-state index contributed by atoms with van der Waals surface area (Å²) in [6.07, 6.45) is 3.72. The van der Waals surface area contributed by atoms with Gasteiger partial charge in [0.15, 0.2) is 6.29 Å². The number of carbonyl (C=O) groups is 2. The molecular weight excluding hydrogens is 202 g/mol. The summed E-state index contributed by atoms with van der Waals surface area (Å²) in [6.45, 7) is 0. The first-order valence-corrected chi connectivity index (χ1v) is 4.81. The van der Waals surface area contributed by atoms with E-state index in [4.69, 9.17) is 0 Å². The Bertz CT molecular complexity index is 520. The van der Waals surface area contributed by atoms with Crippen LogP contribution in [0.2, 0.25) is 0 Å². The van der Waals surface area contributed by atoms with Gasteiger partial charge in [0, 0.05) is 23.5 Å². The average molecular weight is 211 g/mol. The highest BCUT2D eigenvalue weighted by atomic mass is 16.2. The van der Waals surface area contributed by atoms with Gasteiger partial charge >= 0.3 is 0 Å². The molecule has 1 aromatic carbocycles. The zero-order chi connectivity index (χ0) is 11.4. The van der Waals surface area contributed by atoms with E-state index in [1.807, 2.05) is 18.2 Å². The molecule has 3 nitrogen and oxygen atoms in total. The summed E-state index contributed by atoms with van der Waals surface area (Å²) in [5, 5.41) is 0. The van der Waals surface area contributed by atoms with Crippen molar-refractivity contribution in [2.75, 3.05) is 0 Å². The number of aldehydes is 1. The lowest BCUT2D eigenvalue weighted by molar-refractivity contribution is -0.104. The Balaban J connectivity index is 2.44. The topological polar surface area (TPSA) is 47.0 Å². The molecule has 0 fully saturated rings. The summed E-state index contributed by atoms with van der Waals surface area (Å²) in [4.78, 5) is 25.6. The Labute approximate surface area is 92.8 Å². The first kappa shape index (κ1) is 10.2. The van der Waals surface area contributed by atoms with Crippen molar-refractivity contribution in [1.29, 1.82) is 0 Å². The summed E-state index contributed by atoms with van der Waals surface area (Å²) in [5.74, 6) is -0.509. The standard InChI is InChI=1S/C13H9NO2/c15-9-13(16)11-4-1-3-10(7-11)12-5-2-6-14-8-12/h1-9H. The van der Waals surface area contributed by atoms with E-state index in [2.05, 4.69) is 4.98 Å². The zero-order valence-corrected chi connectivity index (χ0v) is 8.46. The molecule has 2 aromatic rings. The monoisotopic (exact) mass is 211 g/mol. The van der Waals surface area contributed by atoms with Crippen molar-refractivity contribution in [2.45, 2.75) is 0 Å². The SMILES string of the molecule is O=CC(=O)c1cccc(-c2cccnc2)c1. The number of hydrogen-bond acceptors (Lipinski definition) is 3. The van der Waals surface area contributed by atoms with Crippen LogP contribution >= 0.6 is 0 Å². The Morgan fingerprint density at radius 3 is 2.62 bits per heavy atom. The molecule has 0 bridgehead atoms. The molecule has 16 heavy (non-hydrogen) atoms. The van der Waals surface area contributed by atoms with Gasteiger partial charge in [-0.25, -0.2) is 0 Å². The van der Waals surface area contributed by atoms with Crippen molar-refractivity contribution in [3.63, 3.8) is 0 Å². The van der Waals surface area contributed by atoms with E-state index >= 15 is 0 Å². The molecule has 78 valence electrons. The molecule has 0 radical (unpaired) electrons. The number of hydrogen-bond donors (Lipinski definition) is 0. The van der Waals surface area contributed by atoms with Gasteiger partial charge in [-0.1, -0.05) is 24.3 Å². The van der Waals surface area contributed by atoms with Gasteiger partial charge in [-0.05, 0) is 17.7 Å². The fourth-order valence-corrected chi connectivity index (χ4v) is 1.45. The predicted octanol–water partition coefficient (Wildman–Crippen LogP) is 2.13. The molecule has 0 aliphatic rings. The van der Waals surface area contributed by atoms with Gasteiger partial charge in [0.1, 0.15) is 0 Å². The van der Waals surface area contributed by atoms with Crippen molar-refractivity contribution >= 4 is 12.1 Å². The van der Waals surface area contributed by atoms with Gasteiger partial charge in [0.2, 0.25) is 5.78 Å². The fourth-order valence-electron chi connectivity index (χ4n) is 1.45. The smallest absolute Gasteiger partial charge is 0.225 e. The van der Waals surface area contributed by atoms with Crippen molar-refractivity contribution < 1.29 is 9.59 Å². The van der Waals surface area contributed by atoms with Crippen LogP contribution in [0.25, 0.3) is 11.1 Å². The van der Waals surface area contributed by atoms with Gasteiger partial charge in [0.05, 0.1) is 0 Å². The third kappa shape index (κ3) is 2.03. The normalized spacial score (nSPS) is 9.75. The van der Waals surface area contributed by atoms with Crippen LogP contribution < -0.4 is 0 Å². The number of aromatic nitrogens is 1. The maximum atomic E-state index is 11.2. The Hall–Kier alpha value is -2.29. The Morgan fingerprint density at radius 1 is 1.12 bits per heavy atom. The Morgan fingerprint density at radius 2 is 1.94 bits per heavy atom. The highest BCUT2D eigenvalue weighted by Crippen LogP contribution is 2.19. The van der Waals surface area contributed by atoms with Crippen LogP contribution in [0.15, 0.2) is 48.8 Å². The summed E-state index contributed by atoms with van der Waals surface area (Å²) >= 11 is 0. The quantitative estimate of drug-likeness (QED) is 0.444. The van der Waals surface area contributed by atoms with Crippen molar-refractivity contribution in [2.24, 2.45) is 0 Å². The minimum absolute atomic E-state index is 0.322. The number of nitrogens with zero attached hydrogens (tertiary/aromatic N) is 1. The molecule has 0 unspecified atom stereocenters. The van der Waals surface area contributed by atoms with E-state index < -0.39 is 5.78 Å². The molecular formula is C13H9NO2. The molecule has 2 rings (SSSR count). The molecule has 0 atom stereocenters. The number of rotatable bonds is 3. The summed E-state index contributed by atoms with van der Waals surface area (Å²) in [7, 11) is 0. The lowest BCUT2D eigenvalue weighted by atomic mass is 10.0. The average Bonchev–Trinajstić information content (AvgIpc) is 2.39. The molecule has 1 aromatic heterocycles. The van der Waals surface area contributed by atoms with Crippen LogP contribution in [0, 0.1) is 0 Å². The summed E-state index contributed by atoms with van der Waals surface area (Å²) in [6, 6.07) is 10.7. The van der Waals surface area contributed by atoms with Gasteiger partial charge in [-0.3, -0.25) is 14.6 Å². The molecule has 0 aliphatic carbocycles. The van der Waals surface area contributed by atoms with Crippen molar-refractivity contribution in [1.82, 2.24) is 4.98 Å². The second-order valence-electron chi connectivity index (χ2n) is 3.30. The molecule has 0 amide bonds. The molecule has 0 spiro atoms. The number of benzene rings is 1. The highest BCUT2D eigenvalue weighted by Gasteiger charge is 2.05. The van der Waals surface area contributed by atoms with E-state index in [0.29, 0.717) is 11.8 Å². The molecule has 0 N–H and O–H groups in total. The van der Waals surface area contributed by atoms with Crippen LogP contribution in [0.3, 0.4) is 0 Å². The number of carbonyl (C=O) groups excluding carboxylic acids is 2. The van der Waals surface area contributed by atoms with Gasteiger partial charge in [-0.2, -0.15) is 0 Å². The van der Waals surface area contributed by atoms with Crippen LogP contribution in [0.4, 0.5) is 0 Å². The molecule has 0 saturated heterocycles. The minimum Gasteiger partial charge on any atom is -0.294 e. The fraction of sp³-hybridized carbons (Fsp3) is 0. The molecule has 3 heteroatoms. The first-order chi connectivity index (χ1) is 7.81. The molecule has 1 heterocycles. The van der Waals surface area contributed by atoms with Crippen LogP contribution in [0.5, 0.6) is 0 Å². The lowest BCUT2D eigenvalue weighted by Gasteiger charge is -2.01. The van der Waals surface area contributed by atoms with Crippen LogP contribution in [0.1, 0.15) is 10.4 Å². The van der Waals surface area contributed by atoms with E-state index in [0.717, 1.165) is 11.1 Å². The summed E-state index contributed by atoms with van der Waals surface area (Å²) < 4.78 is 0. The van der Waals surface area contributed by atoms with Crippen LogP contribution in [-0.4, -0.2) is 17.1 Å². The van der Waals surface area contributed by atoms with Crippen LogP contribution in [-0.2, 0) is 4.79 Å². The van der Waals surface area contributed by atoms with Gasteiger partial charge < -0.3 is 0 Å². The minimum atomic E-state index is -0.509. The third-order valence-electron chi connectivity index (χ3n) is 2.25. The zero-order valence-electron chi connectivity index (χ0n) is 8.46. The molecule has 0 aliphatic heterocycles. The maximum Gasteiger partial charge on any atom is 0.225 e. The number of ketones is 1. The number of pyridine rings is 1. The lowest BCUT2D eigenvalue weighted by Crippen LogP contribution is -1.99. The number of Topliss-reactive ketones (excluding diaryl/α,β-unsaturated/α-hetero) is 1. The van der Waals surface area contributed by atoms with E-state index in [1.54, 1.807) is 30.6 Å². The van der Waals surface area contributed by atoms with E-state index in [9.17, 15) is 9.59 Å². The predicted molar refractivity (Wildman–Crippen MR) is 60.1 cm³/mol. The molecule has 0 saturated carbocycles. The Kier molecular flexibility index (Phi) is 2.87. The summed E-state index contributed by atoms with van der Waals surface area (Å²) in [5.41, 5.74) is 2.19. The van der Waals surface area contributed by atoms with Crippen molar-refractivity contribution in [3.8, 4) is 11.1 Å². The second-order valence-corrected chi connectivity index (χ2v) is 3.30. The van der Waals surface area contributed by atoms with E-state index in [-0.39, 0.29) is 0 Å². The maximum absolute atomic E-state index is 11.2. The van der Waals surface area contributed by atoms with Gasteiger partial charge in [0.25, 0.3) is 0 Å².